The quantitative estimate of drug-likeness (QED) is 0.805. The molecular weight excluding hydrogens is 244 g/mol. The maximum absolute atomic E-state index is 13.7. The normalized spacial score (nSPS) is 12.2. The molecule has 1 nitrogen and oxygen atoms in total. The highest BCUT2D eigenvalue weighted by atomic mass is 19.2. The van der Waals surface area contributed by atoms with Crippen molar-refractivity contribution in [1.29, 1.82) is 0 Å². The van der Waals surface area contributed by atoms with E-state index in [-0.39, 0.29) is 11.7 Å². The fourth-order valence-corrected chi connectivity index (χ4v) is 2.10. The van der Waals surface area contributed by atoms with Gasteiger partial charge in [-0.2, -0.15) is 0 Å². The van der Waals surface area contributed by atoms with Crippen LogP contribution in [0.5, 0.6) is 0 Å². The second-order valence-corrected chi connectivity index (χ2v) is 4.50. The molecule has 100 valence electrons. The van der Waals surface area contributed by atoms with Crippen molar-refractivity contribution < 1.29 is 8.78 Å². The van der Waals surface area contributed by atoms with Gasteiger partial charge in [0.05, 0.1) is 11.7 Å². The average molecular weight is 261 g/mol. The SMILES string of the molecule is CCCC(Nc1cccc(F)c1F)c1ccccc1. The van der Waals surface area contributed by atoms with Gasteiger partial charge >= 0.3 is 0 Å². The smallest absolute Gasteiger partial charge is 0.181 e. The number of anilines is 1. The van der Waals surface area contributed by atoms with Gasteiger partial charge in [-0.15, -0.1) is 0 Å². The Balaban J connectivity index is 2.24. The number of rotatable bonds is 5. The highest BCUT2D eigenvalue weighted by molar-refractivity contribution is 5.47. The van der Waals surface area contributed by atoms with E-state index in [9.17, 15) is 8.78 Å². The summed E-state index contributed by atoms with van der Waals surface area (Å²) >= 11 is 0. The Morgan fingerprint density at radius 1 is 1.00 bits per heavy atom. The first-order valence-corrected chi connectivity index (χ1v) is 6.48. The number of hydrogen-bond donors (Lipinski definition) is 1. The monoisotopic (exact) mass is 261 g/mol. The third kappa shape index (κ3) is 3.31. The Morgan fingerprint density at radius 2 is 1.74 bits per heavy atom. The van der Waals surface area contributed by atoms with Crippen LogP contribution in [0.1, 0.15) is 31.4 Å². The van der Waals surface area contributed by atoms with Crippen LogP contribution in [0.2, 0.25) is 0 Å². The molecule has 1 unspecified atom stereocenters. The molecular formula is C16H17F2N. The minimum absolute atomic E-state index is 0.0116. The Bertz CT molecular complexity index is 526. The van der Waals surface area contributed by atoms with Crippen LogP contribution < -0.4 is 5.32 Å². The van der Waals surface area contributed by atoms with Crippen LogP contribution in [-0.2, 0) is 0 Å². The van der Waals surface area contributed by atoms with E-state index < -0.39 is 11.6 Å². The molecule has 1 atom stereocenters. The van der Waals surface area contributed by atoms with Crippen LogP contribution in [0.4, 0.5) is 14.5 Å². The van der Waals surface area contributed by atoms with Crippen LogP contribution in [0.3, 0.4) is 0 Å². The molecule has 0 saturated carbocycles. The van der Waals surface area contributed by atoms with Crippen molar-refractivity contribution in [3.63, 3.8) is 0 Å². The predicted molar refractivity (Wildman–Crippen MR) is 74.1 cm³/mol. The molecule has 0 heterocycles. The minimum Gasteiger partial charge on any atom is -0.376 e. The van der Waals surface area contributed by atoms with Gasteiger partial charge in [0.15, 0.2) is 11.6 Å². The molecule has 2 aromatic carbocycles. The summed E-state index contributed by atoms with van der Waals surface area (Å²) in [4.78, 5) is 0. The molecule has 0 spiro atoms. The maximum Gasteiger partial charge on any atom is 0.181 e. The standard InChI is InChI=1S/C16H17F2N/c1-2-7-14(12-8-4-3-5-9-12)19-15-11-6-10-13(17)16(15)18/h3-6,8-11,14,19H,2,7H2,1H3. The van der Waals surface area contributed by atoms with Crippen LogP contribution in [0.15, 0.2) is 48.5 Å². The number of halogens is 2. The number of benzene rings is 2. The van der Waals surface area contributed by atoms with Gasteiger partial charge in [0.1, 0.15) is 0 Å². The fraction of sp³-hybridized carbons (Fsp3) is 0.250. The van der Waals surface area contributed by atoms with Crippen LogP contribution >= 0.6 is 0 Å². The summed E-state index contributed by atoms with van der Waals surface area (Å²) < 4.78 is 26.9. The summed E-state index contributed by atoms with van der Waals surface area (Å²) in [6.45, 7) is 2.07. The molecule has 0 aliphatic heterocycles. The van der Waals surface area contributed by atoms with Crippen molar-refractivity contribution in [3.8, 4) is 0 Å². The molecule has 3 heteroatoms. The van der Waals surface area contributed by atoms with Gasteiger partial charge in [-0.25, -0.2) is 8.78 Å². The summed E-state index contributed by atoms with van der Waals surface area (Å²) in [5.74, 6) is -1.65. The minimum atomic E-state index is -0.826. The Morgan fingerprint density at radius 3 is 2.42 bits per heavy atom. The lowest BCUT2D eigenvalue weighted by Crippen LogP contribution is -2.12. The van der Waals surface area contributed by atoms with E-state index in [1.54, 1.807) is 6.07 Å². The third-order valence-corrected chi connectivity index (χ3v) is 3.06. The van der Waals surface area contributed by atoms with E-state index in [1.807, 2.05) is 30.3 Å². The molecule has 0 bridgehead atoms. The highest BCUT2D eigenvalue weighted by Gasteiger charge is 2.14. The molecule has 0 aliphatic carbocycles. The summed E-state index contributed by atoms with van der Waals surface area (Å²) in [6, 6.07) is 14.0. The highest BCUT2D eigenvalue weighted by Crippen LogP contribution is 2.26. The van der Waals surface area contributed by atoms with E-state index >= 15 is 0 Å². The zero-order valence-corrected chi connectivity index (χ0v) is 10.9. The largest absolute Gasteiger partial charge is 0.376 e. The average Bonchev–Trinajstić information content (AvgIpc) is 2.44. The number of hydrogen-bond acceptors (Lipinski definition) is 1. The van der Waals surface area contributed by atoms with E-state index in [0.717, 1.165) is 24.5 Å². The molecule has 0 aliphatic rings. The van der Waals surface area contributed by atoms with Crippen molar-refractivity contribution in [2.75, 3.05) is 5.32 Å². The van der Waals surface area contributed by atoms with Crippen LogP contribution in [0.25, 0.3) is 0 Å². The first kappa shape index (κ1) is 13.5. The molecule has 0 radical (unpaired) electrons. The van der Waals surface area contributed by atoms with Gasteiger partial charge in [-0.3, -0.25) is 0 Å². The topological polar surface area (TPSA) is 12.0 Å². The third-order valence-electron chi connectivity index (χ3n) is 3.06. The van der Waals surface area contributed by atoms with Gasteiger partial charge in [0.2, 0.25) is 0 Å². The van der Waals surface area contributed by atoms with E-state index in [1.165, 1.54) is 6.07 Å². The van der Waals surface area contributed by atoms with Crippen molar-refractivity contribution in [3.05, 3.63) is 65.7 Å². The van der Waals surface area contributed by atoms with Gasteiger partial charge in [-0.05, 0) is 24.1 Å². The Labute approximate surface area is 112 Å². The summed E-state index contributed by atoms with van der Waals surface area (Å²) in [7, 11) is 0. The first-order valence-electron chi connectivity index (χ1n) is 6.48. The zero-order chi connectivity index (χ0) is 13.7. The van der Waals surface area contributed by atoms with Crippen molar-refractivity contribution in [2.24, 2.45) is 0 Å². The second kappa shape index (κ2) is 6.32. The molecule has 2 rings (SSSR count). The van der Waals surface area contributed by atoms with Crippen molar-refractivity contribution in [1.82, 2.24) is 0 Å². The molecule has 19 heavy (non-hydrogen) atoms. The molecule has 0 aromatic heterocycles. The molecule has 0 saturated heterocycles. The summed E-state index contributed by atoms with van der Waals surface area (Å²) in [6.07, 6.45) is 1.82. The van der Waals surface area contributed by atoms with Crippen molar-refractivity contribution in [2.45, 2.75) is 25.8 Å². The second-order valence-electron chi connectivity index (χ2n) is 4.50. The molecule has 1 N–H and O–H groups in total. The lowest BCUT2D eigenvalue weighted by molar-refractivity contribution is 0.509. The molecule has 0 fully saturated rings. The summed E-state index contributed by atoms with van der Waals surface area (Å²) in [5, 5.41) is 3.09. The molecule has 2 aromatic rings. The maximum atomic E-state index is 13.7. The first-order chi connectivity index (χ1) is 9.22. The van der Waals surface area contributed by atoms with Crippen LogP contribution in [-0.4, -0.2) is 0 Å². The van der Waals surface area contributed by atoms with E-state index in [0.29, 0.717) is 0 Å². The summed E-state index contributed by atoms with van der Waals surface area (Å²) in [5.41, 5.74) is 1.29. The fourth-order valence-electron chi connectivity index (χ4n) is 2.10. The van der Waals surface area contributed by atoms with Gasteiger partial charge in [-0.1, -0.05) is 49.7 Å². The molecule has 0 amide bonds. The van der Waals surface area contributed by atoms with Gasteiger partial charge in [0, 0.05) is 0 Å². The number of nitrogens with one attached hydrogen (secondary N) is 1. The van der Waals surface area contributed by atoms with Crippen molar-refractivity contribution >= 4 is 5.69 Å². The lowest BCUT2D eigenvalue weighted by Gasteiger charge is -2.20. The zero-order valence-electron chi connectivity index (χ0n) is 10.9. The van der Waals surface area contributed by atoms with Gasteiger partial charge in [0.25, 0.3) is 0 Å². The van der Waals surface area contributed by atoms with Crippen LogP contribution in [0, 0.1) is 11.6 Å². The van der Waals surface area contributed by atoms with E-state index in [2.05, 4.69) is 12.2 Å². The Kier molecular flexibility index (Phi) is 4.50. The van der Waals surface area contributed by atoms with Gasteiger partial charge < -0.3 is 5.32 Å². The lowest BCUT2D eigenvalue weighted by atomic mass is 10.0. The van der Waals surface area contributed by atoms with E-state index in [4.69, 9.17) is 0 Å². The Hall–Kier alpha value is -1.90. The predicted octanol–water partition coefficient (Wildman–Crippen LogP) is 4.92.